The van der Waals surface area contributed by atoms with Crippen molar-refractivity contribution in [3.8, 4) is 0 Å². The molecule has 6 heteroatoms. The van der Waals surface area contributed by atoms with Crippen molar-refractivity contribution in [1.82, 2.24) is 5.48 Å². The third-order valence-electron chi connectivity index (χ3n) is 1.66. The lowest BCUT2D eigenvalue weighted by atomic mass is 10.1. The molecule has 2 N–H and O–H groups in total. The zero-order chi connectivity index (χ0) is 12.1. The van der Waals surface area contributed by atoms with Crippen molar-refractivity contribution < 1.29 is 19.5 Å². The van der Waals surface area contributed by atoms with E-state index in [1.807, 2.05) is 5.48 Å². The van der Waals surface area contributed by atoms with Crippen LogP contribution in [0.1, 0.15) is 15.9 Å². The van der Waals surface area contributed by atoms with E-state index in [9.17, 15) is 9.59 Å². The fraction of sp³-hybridized carbons (Fsp3) is 0.200. The summed E-state index contributed by atoms with van der Waals surface area (Å²) in [5.74, 6) is -1.70. The lowest BCUT2D eigenvalue weighted by molar-refractivity contribution is -0.144. The maximum atomic E-state index is 11.4. The van der Waals surface area contributed by atoms with Crippen LogP contribution in [-0.2, 0) is 9.63 Å². The van der Waals surface area contributed by atoms with Gasteiger partial charge in [-0.3, -0.25) is 9.63 Å². The quantitative estimate of drug-likeness (QED) is 0.784. The minimum atomic E-state index is -1.16. The molecule has 0 aliphatic carbocycles. The van der Waals surface area contributed by atoms with Crippen molar-refractivity contribution in [1.29, 1.82) is 0 Å². The summed E-state index contributed by atoms with van der Waals surface area (Å²) in [5, 5.41) is 8.72. The van der Waals surface area contributed by atoms with E-state index in [1.165, 1.54) is 6.07 Å². The highest BCUT2D eigenvalue weighted by molar-refractivity contribution is 6.31. The summed E-state index contributed by atoms with van der Waals surface area (Å²) in [5.41, 5.74) is 3.15. The smallest absolute Gasteiger partial charge is 0.332 e. The summed E-state index contributed by atoms with van der Waals surface area (Å²) in [6, 6.07) is 4.79. The van der Waals surface area contributed by atoms with E-state index in [4.69, 9.17) is 16.7 Å². The summed E-state index contributed by atoms with van der Waals surface area (Å²) in [6.07, 6.45) is 0. The van der Waals surface area contributed by atoms with Gasteiger partial charge in [0, 0.05) is 10.6 Å². The normalized spacial score (nSPS) is 9.88. The van der Waals surface area contributed by atoms with Gasteiger partial charge in [-0.05, 0) is 30.7 Å². The van der Waals surface area contributed by atoms with E-state index in [2.05, 4.69) is 4.84 Å². The van der Waals surface area contributed by atoms with Gasteiger partial charge in [0.15, 0.2) is 6.61 Å². The largest absolute Gasteiger partial charge is 0.479 e. The molecule has 0 fully saturated rings. The molecule has 86 valence electrons. The number of carboxylic acids is 1. The van der Waals surface area contributed by atoms with Crippen molar-refractivity contribution in [2.45, 2.75) is 6.92 Å². The van der Waals surface area contributed by atoms with Crippen LogP contribution >= 0.6 is 11.6 Å². The van der Waals surface area contributed by atoms with Crippen LogP contribution in [0.2, 0.25) is 5.02 Å². The summed E-state index contributed by atoms with van der Waals surface area (Å²) in [7, 11) is 0. The van der Waals surface area contributed by atoms with Gasteiger partial charge in [-0.15, -0.1) is 0 Å². The SMILES string of the molecule is Cc1cc(Cl)cc(C(=O)NOCC(=O)O)c1. The fourth-order valence-corrected chi connectivity index (χ4v) is 1.38. The maximum absolute atomic E-state index is 11.4. The van der Waals surface area contributed by atoms with E-state index < -0.39 is 18.5 Å². The topological polar surface area (TPSA) is 75.6 Å². The van der Waals surface area contributed by atoms with Gasteiger partial charge >= 0.3 is 5.97 Å². The Morgan fingerprint density at radius 1 is 1.44 bits per heavy atom. The number of hydroxylamine groups is 1. The number of carbonyl (C=O) groups excluding carboxylic acids is 1. The average molecular weight is 244 g/mol. The Kier molecular flexibility index (Phi) is 4.28. The molecule has 0 aromatic heterocycles. The molecular formula is C10H10ClNO4. The molecule has 1 aromatic carbocycles. The predicted molar refractivity (Wildman–Crippen MR) is 57.2 cm³/mol. The van der Waals surface area contributed by atoms with E-state index in [0.29, 0.717) is 10.6 Å². The Morgan fingerprint density at radius 3 is 2.69 bits per heavy atom. The second-order valence-electron chi connectivity index (χ2n) is 3.13. The predicted octanol–water partition coefficient (Wildman–Crippen LogP) is 1.39. The van der Waals surface area contributed by atoms with Crippen LogP contribution in [0.5, 0.6) is 0 Å². The zero-order valence-electron chi connectivity index (χ0n) is 8.49. The number of rotatable bonds is 4. The molecule has 0 radical (unpaired) electrons. The lowest BCUT2D eigenvalue weighted by Gasteiger charge is -2.05. The number of halogens is 1. The molecule has 0 heterocycles. The van der Waals surface area contributed by atoms with E-state index >= 15 is 0 Å². The zero-order valence-corrected chi connectivity index (χ0v) is 9.25. The number of amides is 1. The number of carboxylic acid groups (broad SMARTS) is 1. The minimum Gasteiger partial charge on any atom is -0.479 e. The standard InChI is InChI=1S/C10H10ClNO4/c1-6-2-7(4-8(11)3-6)10(15)12-16-5-9(13)14/h2-4H,5H2,1H3,(H,12,15)(H,13,14). The fourth-order valence-electron chi connectivity index (χ4n) is 1.09. The number of aryl methyl sites for hydroxylation is 1. The van der Waals surface area contributed by atoms with Crippen LogP contribution in [0.15, 0.2) is 18.2 Å². The van der Waals surface area contributed by atoms with Crippen LogP contribution in [0.25, 0.3) is 0 Å². The Bertz CT molecular complexity index is 399. The Balaban J connectivity index is 2.62. The van der Waals surface area contributed by atoms with Crippen LogP contribution in [0.4, 0.5) is 0 Å². The van der Waals surface area contributed by atoms with Crippen molar-refractivity contribution in [2.75, 3.05) is 6.61 Å². The minimum absolute atomic E-state index is 0.315. The van der Waals surface area contributed by atoms with Gasteiger partial charge < -0.3 is 5.11 Å². The Labute approximate surface area is 96.9 Å². The molecule has 1 rings (SSSR count). The number of benzene rings is 1. The van der Waals surface area contributed by atoms with Gasteiger partial charge in [0.2, 0.25) is 0 Å². The molecule has 0 aliphatic heterocycles. The van der Waals surface area contributed by atoms with Crippen LogP contribution in [-0.4, -0.2) is 23.6 Å². The maximum Gasteiger partial charge on any atom is 0.332 e. The summed E-state index contributed by atoms with van der Waals surface area (Å²) >= 11 is 5.76. The van der Waals surface area contributed by atoms with Gasteiger partial charge in [0.25, 0.3) is 5.91 Å². The second kappa shape index (κ2) is 5.48. The van der Waals surface area contributed by atoms with E-state index in [1.54, 1.807) is 19.1 Å². The molecule has 1 aromatic rings. The molecule has 0 aliphatic rings. The average Bonchev–Trinajstić information content (AvgIpc) is 2.15. The van der Waals surface area contributed by atoms with Crippen LogP contribution < -0.4 is 5.48 Å². The van der Waals surface area contributed by atoms with Crippen molar-refractivity contribution in [3.05, 3.63) is 34.3 Å². The summed E-state index contributed by atoms with van der Waals surface area (Å²) < 4.78 is 0. The molecule has 0 bridgehead atoms. The number of nitrogens with one attached hydrogen (secondary N) is 1. The van der Waals surface area contributed by atoms with Crippen molar-refractivity contribution in [3.63, 3.8) is 0 Å². The summed E-state index contributed by atoms with van der Waals surface area (Å²) in [6.45, 7) is 1.20. The van der Waals surface area contributed by atoms with Gasteiger partial charge in [0.1, 0.15) is 0 Å². The van der Waals surface area contributed by atoms with Gasteiger partial charge in [-0.2, -0.15) is 0 Å². The first kappa shape index (κ1) is 12.5. The molecule has 0 saturated heterocycles. The molecule has 16 heavy (non-hydrogen) atoms. The molecule has 0 atom stereocenters. The van der Waals surface area contributed by atoms with Gasteiger partial charge in [0.05, 0.1) is 0 Å². The van der Waals surface area contributed by atoms with Crippen LogP contribution in [0.3, 0.4) is 0 Å². The second-order valence-corrected chi connectivity index (χ2v) is 3.57. The highest BCUT2D eigenvalue weighted by Crippen LogP contribution is 2.14. The van der Waals surface area contributed by atoms with Gasteiger partial charge in [-0.1, -0.05) is 11.6 Å². The first-order valence-electron chi connectivity index (χ1n) is 4.40. The number of aliphatic carboxylic acids is 1. The van der Waals surface area contributed by atoms with Crippen LogP contribution in [0, 0.1) is 6.92 Å². The van der Waals surface area contributed by atoms with Gasteiger partial charge in [-0.25, -0.2) is 10.3 Å². The first-order valence-corrected chi connectivity index (χ1v) is 4.78. The molecular weight excluding hydrogens is 234 g/mol. The first-order chi connectivity index (χ1) is 7.49. The molecule has 1 amide bonds. The molecule has 5 nitrogen and oxygen atoms in total. The van der Waals surface area contributed by atoms with Crippen molar-refractivity contribution in [2.24, 2.45) is 0 Å². The third-order valence-corrected chi connectivity index (χ3v) is 1.88. The Hall–Kier alpha value is -1.59. The van der Waals surface area contributed by atoms with E-state index in [0.717, 1.165) is 5.56 Å². The highest BCUT2D eigenvalue weighted by Gasteiger charge is 2.07. The molecule has 0 spiro atoms. The Morgan fingerprint density at radius 2 is 2.12 bits per heavy atom. The summed E-state index contributed by atoms with van der Waals surface area (Å²) in [4.78, 5) is 26.0. The van der Waals surface area contributed by atoms with Crippen molar-refractivity contribution >= 4 is 23.5 Å². The lowest BCUT2D eigenvalue weighted by Crippen LogP contribution is -2.26. The monoisotopic (exact) mass is 243 g/mol. The highest BCUT2D eigenvalue weighted by atomic mass is 35.5. The molecule has 0 unspecified atom stereocenters. The van der Waals surface area contributed by atoms with E-state index in [-0.39, 0.29) is 0 Å². The number of carbonyl (C=O) groups is 2. The number of hydrogen-bond acceptors (Lipinski definition) is 3. The molecule has 0 saturated carbocycles. The third kappa shape index (κ3) is 3.88. The number of hydrogen-bond donors (Lipinski definition) is 2.